The van der Waals surface area contributed by atoms with Gasteiger partial charge < -0.3 is 14.5 Å². The Morgan fingerprint density at radius 1 is 1.38 bits per heavy atom. The van der Waals surface area contributed by atoms with Gasteiger partial charge in [-0.05, 0) is 39.2 Å². The van der Waals surface area contributed by atoms with Gasteiger partial charge in [0.2, 0.25) is 0 Å². The lowest BCUT2D eigenvalue weighted by Gasteiger charge is -2.22. The van der Waals surface area contributed by atoms with Crippen LogP contribution in [0.4, 0.5) is 0 Å². The molecule has 0 bridgehead atoms. The molecule has 3 heteroatoms. The van der Waals surface area contributed by atoms with Gasteiger partial charge in [-0.25, -0.2) is 0 Å². The van der Waals surface area contributed by atoms with Gasteiger partial charge in [0.05, 0.1) is 6.10 Å². The molecule has 1 saturated heterocycles. The van der Waals surface area contributed by atoms with Crippen LogP contribution in [0, 0.1) is 13.8 Å². The molecule has 1 unspecified atom stereocenters. The monoisotopic (exact) mass is 223 g/mol. The predicted octanol–water partition coefficient (Wildman–Crippen LogP) is 2.56. The fraction of sp³-hybridized carbons (Fsp3) is 0.692. The zero-order valence-corrected chi connectivity index (χ0v) is 10.2. The second kappa shape index (κ2) is 5.51. The van der Waals surface area contributed by atoms with Crippen molar-refractivity contribution in [3.8, 4) is 0 Å². The van der Waals surface area contributed by atoms with Crippen LogP contribution < -0.4 is 5.32 Å². The minimum absolute atomic E-state index is 0.405. The molecule has 3 nitrogen and oxygen atoms in total. The molecule has 0 spiro atoms. The highest BCUT2D eigenvalue weighted by Crippen LogP contribution is 2.14. The Morgan fingerprint density at radius 3 is 2.88 bits per heavy atom. The van der Waals surface area contributed by atoms with E-state index in [2.05, 4.69) is 11.4 Å². The van der Waals surface area contributed by atoms with E-state index in [1.807, 2.05) is 13.8 Å². The summed E-state index contributed by atoms with van der Waals surface area (Å²) in [5, 5.41) is 3.44. The van der Waals surface area contributed by atoms with E-state index in [9.17, 15) is 0 Å². The summed E-state index contributed by atoms with van der Waals surface area (Å²) in [6.45, 7) is 6.75. The van der Waals surface area contributed by atoms with E-state index in [1.54, 1.807) is 0 Å². The maximum atomic E-state index is 5.67. The third-order valence-electron chi connectivity index (χ3n) is 3.11. The highest BCUT2D eigenvalue weighted by Gasteiger charge is 2.13. The molecule has 0 aromatic carbocycles. The summed E-state index contributed by atoms with van der Waals surface area (Å²) >= 11 is 0. The van der Waals surface area contributed by atoms with Gasteiger partial charge in [0.1, 0.15) is 11.5 Å². The van der Waals surface area contributed by atoms with Crippen molar-refractivity contribution in [2.45, 2.75) is 45.8 Å². The van der Waals surface area contributed by atoms with Crippen LogP contribution in [0.1, 0.15) is 36.3 Å². The summed E-state index contributed by atoms with van der Waals surface area (Å²) in [5.41, 5.74) is 1.26. The molecule has 2 heterocycles. The van der Waals surface area contributed by atoms with Crippen molar-refractivity contribution in [3.63, 3.8) is 0 Å². The molecule has 1 fully saturated rings. The molecule has 1 aromatic rings. The van der Waals surface area contributed by atoms with Crippen molar-refractivity contribution >= 4 is 0 Å². The molecular formula is C13H21NO2. The van der Waals surface area contributed by atoms with E-state index in [0.717, 1.165) is 31.2 Å². The van der Waals surface area contributed by atoms with Crippen molar-refractivity contribution in [3.05, 3.63) is 23.2 Å². The average Bonchev–Trinajstić information content (AvgIpc) is 2.59. The van der Waals surface area contributed by atoms with Crippen LogP contribution in [0.15, 0.2) is 10.5 Å². The topological polar surface area (TPSA) is 34.4 Å². The summed E-state index contributed by atoms with van der Waals surface area (Å²) in [6.07, 6.45) is 4.12. The molecule has 0 amide bonds. The largest absolute Gasteiger partial charge is 0.466 e. The molecule has 1 aliphatic heterocycles. The van der Waals surface area contributed by atoms with Gasteiger partial charge in [-0.2, -0.15) is 0 Å². The van der Waals surface area contributed by atoms with Gasteiger partial charge in [0.25, 0.3) is 0 Å². The number of hydrogen-bond acceptors (Lipinski definition) is 3. The molecule has 90 valence electrons. The van der Waals surface area contributed by atoms with Crippen molar-refractivity contribution < 1.29 is 9.15 Å². The lowest BCUT2D eigenvalue weighted by Crippen LogP contribution is -2.31. The minimum Gasteiger partial charge on any atom is -0.466 e. The number of rotatable bonds is 4. The van der Waals surface area contributed by atoms with E-state index < -0.39 is 0 Å². The van der Waals surface area contributed by atoms with Crippen LogP contribution in [0.5, 0.6) is 0 Å². The van der Waals surface area contributed by atoms with Gasteiger partial charge in [0.15, 0.2) is 0 Å². The van der Waals surface area contributed by atoms with Crippen molar-refractivity contribution in [2.75, 3.05) is 13.2 Å². The lowest BCUT2D eigenvalue weighted by molar-refractivity contribution is 0.0167. The van der Waals surface area contributed by atoms with Crippen LogP contribution in [-0.2, 0) is 11.3 Å². The molecule has 1 aliphatic rings. The molecule has 1 aromatic heterocycles. The van der Waals surface area contributed by atoms with E-state index in [0.29, 0.717) is 6.10 Å². The van der Waals surface area contributed by atoms with Crippen LogP contribution >= 0.6 is 0 Å². The first-order valence-electron chi connectivity index (χ1n) is 6.14. The van der Waals surface area contributed by atoms with Crippen LogP contribution in [0.2, 0.25) is 0 Å². The van der Waals surface area contributed by atoms with Gasteiger partial charge in [-0.15, -0.1) is 0 Å². The molecule has 1 atom stereocenters. The Kier molecular flexibility index (Phi) is 4.02. The first-order chi connectivity index (χ1) is 7.75. The SMILES string of the molecule is Cc1cc(CNCC2CCCCO2)c(C)o1. The Morgan fingerprint density at radius 2 is 2.25 bits per heavy atom. The maximum absolute atomic E-state index is 5.67. The number of nitrogens with one attached hydrogen (secondary N) is 1. The van der Waals surface area contributed by atoms with E-state index in [4.69, 9.17) is 9.15 Å². The molecular weight excluding hydrogens is 202 g/mol. The number of ether oxygens (including phenoxy) is 1. The molecule has 0 aliphatic carbocycles. The van der Waals surface area contributed by atoms with Gasteiger partial charge in [0, 0.05) is 25.3 Å². The van der Waals surface area contributed by atoms with Crippen molar-refractivity contribution in [1.29, 1.82) is 0 Å². The zero-order chi connectivity index (χ0) is 11.4. The van der Waals surface area contributed by atoms with E-state index >= 15 is 0 Å². The minimum atomic E-state index is 0.405. The molecule has 1 N–H and O–H groups in total. The number of hydrogen-bond donors (Lipinski definition) is 1. The summed E-state index contributed by atoms with van der Waals surface area (Å²) < 4.78 is 11.2. The summed E-state index contributed by atoms with van der Waals surface area (Å²) in [4.78, 5) is 0. The predicted molar refractivity (Wildman–Crippen MR) is 63.5 cm³/mol. The molecule has 2 rings (SSSR count). The molecule has 16 heavy (non-hydrogen) atoms. The maximum Gasteiger partial charge on any atom is 0.105 e. The Hall–Kier alpha value is -0.800. The van der Waals surface area contributed by atoms with Crippen LogP contribution in [-0.4, -0.2) is 19.3 Å². The van der Waals surface area contributed by atoms with Crippen LogP contribution in [0.25, 0.3) is 0 Å². The second-order valence-electron chi connectivity index (χ2n) is 4.56. The highest BCUT2D eigenvalue weighted by atomic mass is 16.5. The van der Waals surface area contributed by atoms with Gasteiger partial charge >= 0.3 is 0 Å². The third-order valence-corrected chi connectivity index (χ3v) is 3.11. The van der Waals surface area contributed by atoms with Gasteiger partial charge in [-0.3, -0.25) is 0 Å². The van der Waals surface area contributed by atoms with E-state index in [-0.39, 0.29) is 0 Å². The van der Waals surface area contributed by atoms with Crippen molar-refractivity contribution in [1.82, 2.24) is 5.32 Å². The molecule has 0 radical (unpaired) electrons. The zero-order valence-electron chi connectivity index (χ0n) is 10.2. The smallest absolute Gasteiger partial charge is 0.105 e. The highest BCUT2D eigenvalue weighted by molar-refractivity contribution is 5.19. The fourth-order valence-electron chi connectivity index (χ4n) is 2.20. The molecule has 0 saturated carbocycles. The second-order valence-corrected chi connectivity index (χ2v) is 4.56. The quantitative estimate of drug-likeness (QED) is 0.852. The first kappa shape index (κ1) is 11.7. The lowest BCUT2D eigenvalue weighted by atomic mass is 10.1. The van der Waals surface area contributed by atoms with Gasteiger partial charge in [-0.1, -0.05) is 0 Å². The standard InChI is InChI=1S/C13H21NO2/c1-10-7-12(11(2)16-10)8-14-9-13-5-3-4-6-15-13/h7,13-14H,3-6,8-9H2,1-2H3. The summed E-state index contributed by atoms with van der Waals surface area (Å²) in [7, 11) is 0. The van der Waals surface area contributed by atoms with E-state index in [1.165, 1.54) is 24.8 Å². The third kappa shape index (κ3) is 3.09. The fourth-order valence-corrected chi connectivity index (χ4v) is 2.20. The Labute approximate surface area is 97.2 Å². The van der Waals surface area contributed by atoms with Crippen LogP contribution in [0.3, 0.4) is 0 Å². The Bertz CT molecular complexity index is 327. The normalized spacial score (nSPS) is 21.2. The summed E-state index contributed by atoms with van der Waals surface area (Å²) in [6, 6.07) is 2.10. The average molecular weight is 223 g/mol. The number of furan rings is 1. The first-order valence-corrected chi connectivity index (χ1v) is 6.14. The number of aryl methyl sites for hydroxylation is 2. The Balaban J connectivity index is 1.73. The van der Waals surface area contributed by atoms with Crippen molar-refractivity contribution in [2.24, 2.45) is 0 Å². The summed E-state index contributed by atoms with van der Waals surface area (Å²) in [5.74, 6) is 2.01.